The minimum atomic E-state index is -0.872. The van der Waals surface area contributed by atoms with Crippen molar-refractivity contribution in [2.75, 3.05) is 6.61 Å². The van der Waals surface area contributed by atoms with Crippen molar-refractivity contribution in [3.63, 3.8) is 0 Å². The molecule has 0 amide bonds. The van der Waals surface area contributed by atoms with Crippen molar-refractivity contribution in [1.29, 1.82) is 0 Å². The Morgan fingerprint density at radius 2 is 2.33 bits per heavy atom. The molecule has 1 aromatic rings. The number of carbonyl (C=O) groups is 1. The molecule has 1 heterocycles. The number of nitrogens with zero attached hydrogens (tertiary/aromatic N) is 1. The van der Waals surface area contributed by atoms with Gasteiger partial charge in [-0.15, -0.1) is 0 Å². The summed E-state index contributed by atoms with van der Waals surface area (Å²) >= 11 is 0. The highest BCUT2D eigenvalue weighted by atomic mass is 17.1. The third kappa shape index (κ3) is 2.66. The number of carbonyl (C=O) groups excluding carboxylic acids is 1. The molecule has 1 N–H and O–H groups in total. The van der Waals surface area contributed by atoms with Gasteiger partial charge in [-0.25, -0.2) is 9.78 Å². The Morgan fingerprint density at radius 1 is 1.53 bits per heavy atom. The maximum atomic E-state index is 10.8. The van der Waals surface area contributed by atoms with Crippen molar-refractivity contribution >= 4 is 5.97 Å². The third-order valence-corrected chi connectivity index (χ3v) is 2.21. The van der Waals surface area contributed by atoms with E-state index in [0.29, 0.717) is 18.3 Å². The Labute approximate surface area is 86.6 Å². The van der Waals surface area contributed by atoms with E-state index in [-0.39, 0.29) is 5.69 Å². The first kappa shape index (κ1) is 9.92. The van der Waals surface area contributed by atoms with Crippen LogP contribution in [0.15, 0.2) is 18.3 Å². The van der Waals surface area contributed by atoms with Crippen LogP contribution in [-0.2, 0) is 4.89 Å². The van der Waals surface area contributed by atoms with Crippen LogP contribution in [0.1, 0.15) is 23.3 Å². The second kappa shape index (κ2) is 4.27. The molecule has 1 aromatic heterocycles. The lowest BCUT2D eigenvalue weighted by Crippen LogP contribution is -2.05. The van der Waals surface area contributed by atoms with Gasteiger partial charge in [0.2, 0.25) is 0 Å². The van der Waals surface area contributed by atoms with Crippen molar-refractivity contribution in [3.05, 3.63) is 24.0 Å². The minimum Gasteiger partial charge on any atom is -0.492 e. The van der Waals surface area contributed by atoms with E-state index in [2.05, 4.69) is 9.87 Å². The van der Waals surface area contributed by atoms with Crippen LogP contribution in [0.4, 0.5) is 0 Å². The summed E-state index contributed by atoms with van der Waals surface area (Å²) in [6.45, 7) is 0.700. The van der Waals surface area contributed by atoms with Gasteiger partial charge in [0.15, 0.2) is 5.69 Å². The van der Waals surface area contributed by atoms with Crippen LogP contribution in [0.3, 0.4) is 0 Å². The maximum Gasteiger partial charge on any atom is 0.390 e. The molecule has 0 aliphatic heterocycles. The number of pyridine rings is 1. The van der Waals surface area contributed by atoms with Crippen LogP contribution in [-0.4, -0.2) is 22.8 Å². The lowest BCUT2D eigenvalue weighted by molar-refractivity contribution is -0.183. The van der Waals surface area contributed by atoms with Crippen molar-refractivity contribution in [1.82, 2.24) is 4.98 Å². The van der Waals surface area contributed by atoms with Gasteiger partial charge in [-0.05, 0) is 30.9 Å². The van der Waals surface area contributed by atoms with Crippen molar-refractivity contribution < 1.29 is 19.7 Å². The second-order valence-electron chi connectivity index (χ2n) is 3.51. The van der Waals surface area contributed by atoms with E-state index in [9.17, 15) is 4.79 Å². The fraction of sp³-hybridized carbons (Fsp3) is 0.400. The normalized spacial score (nSPS) is 14.7. The largest absolute Gasteiger partial charge is 0.492 e. The van der Waals surface area contributed by atoms with Gasteiger partial charge in [-0.3, -0.25) is 4.89 Å². The molecule has 0 atom stereocenters. The Hall–Kier alpha value is -1.62. The smallest absolute Gasteiger partial charge is 0.390 e. The minimum absolute atomic E-state index is 0.0521. The predicted molar refractivity (Wildman–Crippen MR) is 50.5 cm³/mol. The zero-order valence-corrected chi connectivity index (χ0v) is 8.05. The Kier molecular flexibility index (Phi) is 2.82. The summed E-state index contributed by atoms with van der Waals surface area (Å²) in [7, 11) is 0. The zero-order chi connectivity index (χ0) is 10.7. The number of hydrogen-bond donors (Lipinski definition) is 1. The van der Waals surface area contributed by atoms with Crippen LogP contribution < -0.4 is 4.74 Å². The highest BCUT2D eigenvalue weighted by molar-refractivity contribution is 5.86. The number of rotatable bonds is 4. The third-order valence-electron chi connectivity index (χ3n) is 2.21. The fourth-order valence-corrected chi connectivity index (χ4v) is 1.13. The average Bonchev–Trinajstić information content (AvgIpc) is 3.10. The molecule has 15 heavy (non-hydrogen) atoms. The Morgan fingerprint density at radius 3 is 2.87 bits per heavy atom. The summed E-state index contributed by atoms with van der Waals surface area (Å²) in [5.41, 5.74) is 0.0521. The standard InChI is InChI=1S/C10H11NO4/c12-10(15-13)9-4-3-8(5-11-9)14-6-7-1-2-7/h3-5,7,13H,1-2,6H2. The van der Waals surface area contributed by atoms with Crippen LogP contribution >= 0.6 is 0 Å². The van der Waals surface area contributed by atoms with Gasteiger partial charge in [0, 0.05) is 0 Å². The van der Waals surface area contributed by atoms with Crippen molar-refractivity contribution in [2.45, 2.75) is 12.8 Å². The highest BCUT2D eigenvalue weighted by Gasteiger charge is 2.21. The van der Waals surface area contributed by atoms with Gasteiger partial charge in [-0.1, -0.05) is 0 Å². The van der Waals surface area contributed by atoms with E-state index in [1.165, 1.54) is 25.1 Å². The fourth-order valence-electron chi connectivity index (χ4n) is 1.13. The predicted octanol–water partition coefficient (Wildman–Crippen LogP) is 1.50. The van der Waals surface area contributed by atoms with Crippen molar-refractivity contribution in [2.24, 2.45) is 5.92 Å². The Bertz CT molecular complexity index is 345. The van der Waals surface area contributed by atoms with Crippen molar-refractivity contribution in [3.8, 4) is 5.75 Å². The molecule has 0 spiro atoms. The summed E-state index contributed by atoms with van der Waals surface area (Å²) in [5, 5.41) is 8.12. The molecular formula is C10H11NO4. The van der Waals surface area contributed by atoms with E-state index >= 15 is 0 Å². The van der Waals surface area contributed by atoms with E-state index in [0.717, 1.165) is 0 Å². The van der Waals surface area contributed by atoms with E-state index in [1.807, 2.05) is 0 Å². The molecule has 0 unspecified atom stereocenters. The molecule has 5 nitrogen and oxygen atoms in total. The first-order valence-electron chi connectivity index (χ1n) is 4.74. The maximum absolute atomic E-state index is 10.8. The second-order valence-corrected chi connectivity index (χ2v) is 3.51. The van der Waals surface area contributed by atoms with Gasteiger partial charge < -0.3 is 4.74 Å². The van der Waals surface area contributed by atoms with Gasteiger partial charge >= 0.3 is 5.97 Å². The lowest BCUT2D eigenvalue weighted by atomic mass is 10.3. The monoisotopic (exact) mass is 209 g/mol. The van der Waals surface area contributed by atoms with Crippen LogP contribution in [0.2, 0.25) is 0 Å². The number of hydrogen-bond acceptors (Lipinski definition) is 5. The molecule has 1 saturated carbocycles. The molecule has 0 bridgehead atoms. The summed E-state index contributed by atoms with van der Waals surface area (Å²) in [6, 6.07) is 3.07. The van der Waals surface area contributed by atoms with Gasteiger partial charge in [-0.2, -0.15) is 5.26 Å². The average molecular weight is 209 g/mol. The molecule has 2 rings (SSSR count). The summed E-state index contributed by atoms with van der Waals surface area (Å²) in [6.07, 6.45) is 3.89. The van der Waals surface area contributed by atoms with Gasteiger partial charge in [0.05, 0.1) is 12.8 Å². The van der Waals surface area contributed by atoms with Crippen LogP contribution in [0.25, 0.3) is 0 Å². The molecule has 1 aliphatic rings. The van der Waals surface area contributed by atoms with E-state index < -0.39 is 5.97 Å². The first-order chi connectivity index (χ1) is 7.29. The Balaban J connectivity index is 1.93. The first-order valence-corrected chi connectivity index (χ1v) is 4.74. The SMILES string of the molecule is O=C(OO)c1ccc(OCC2CC2)cn1. The quantitative estimate of drug-likeness (QED) is 0.601. The molecule has 5 heteroatoms. The molecule has 80 valence electrons. The molecule has 0 saturated heterocycles. The van der Waals surface area contributed by atoms with E-state index in [4.69, 9.17) is 9.99 Å². The number of aromatic nitrogens is 1. The lowest BCUT2D eigenvalue weighted by Gasteiger charge is -2.04. The summed E-state index contributed by atoms with van der Waals surface area (Å²) in [4.78, 5) is 18.2. The van der Waals surface area contributed by atoms with Gasteiger partial charge in [0.1, 0.15) is 5.75 Å². The summed E-state index contributed by atoms with van der Waals surface area (Å²) < 4.78 is 5.42. The topological polar surface area (TPSA) is 68.7 Å². The van der Waals surface area contributed by atoms with Gasteiger partial charge in [0.25, 0.3) is 0 Å². The number of ether oxygens (including phenoxy) is 1. The molecule has 0 aromatic carbocycles. The van der Waals surface area contributed by atoms with E-state index in [1.54, 1.807) is 6.07 Å². The van der Waals surface area contributed by atoms with Crippen LogP contribution in [0.5, 0.6) is 5.75 Å². The van der Waals surface area contributed by atoms with Crippen LogP contribution in [0, 0.1) is 5.92 Å². The molecular weight excluding hydrogens is 198 g/mol. The highest BCUT2D eigenvalue weighted by Crippen LogP contribution is 2.29. The molecule has 0 radical (unpaired) electrons. The zero-order valence-electron chi connectivity index (χ0n) is 8.05. The molecule has 1 aliphatic carbocycles. The molecule has 1 fully saturated rings. The summed E-state index contributed by atoms with van der Waals surface area (Å²) in [5.74, 6) is 0.423.